The summed E-state index contributed by atoms with van der Waals surface area (Å²) in [4.78, 5) is 25.5. The van der Waals surface area contributed by atoms with Crippen LogP contribution in [-0.4, -0.2) is 64.3 Å². The molecule has 0 aliphatic rings. The number of hydrogen-bond donors (Lipinski definition) is 1. The molecule has 0 saturated carbocycles. The van der Waals surface area contributed by atoms with E-state index in [1.807, 2.05) is 0 Å². The molecule has 0 saturated heterocycles. The van der Waals surface area contributed by atoms with Crippen LogP contribution in [0.1, 0.15) is 54.9 Å². The lowest BCUT2D eigenvalue weighted by atomic mass is 10.1. The second kappa shape index (κ2) is 11.8. The van der Waals surface area contributed by atoms with Crippen molar-refractivity contribution in [2.45, 2.75) is 97.2 Å². The van der Waals surface area contributed by atoms with Crippen LogP contribution in [-0.2, 0) is 13.6 Å². The molecule has 1 atom stereocenters. The van der Waals surface area contributed by atoms with E-state index >= 15 is 0 Å². The van der Waals surface area contributed by atoms with Crippen molar-refractivity contribution in [2.24, 2.45) is 0 Å². The van der Waals surface area contributed by atoms with Gasteiger partial charge in [-0.2, -0.15) is 0 Å². The van der Waals surface area contributed by atoms with Crippen LogP contribution in [0.4, 0.5) is 4.79 Å². The van der Waals surface area contributed by atoms with Gasteiger partial charge in [0.2, 0.25) is 0 Å². The highest BCUT2D eigenvalue weighted by molar-refractivity contribution is 6.74. The summed E-state index contributed by atoms with van der Waals surface area (Å²) >= 11 is 0. The molecule has 0 heterocycles. The predicted molar refractivity (Wildman–Crippen MR) is 138 cm³/mol. The van der Waals surface area contributed by atoms with Crippen molar-refractivity contribution in [3.05, 3.63) is 24.3 Å². The molecule has 0 bridgehead atoms. The van der Waals surface area contributed by atoms with Gasteiger partial charge in [0, 0.05) is 6.61 Å². The normalized spacial score (nSPS) is 14.5. The summed E-state index contributed by atoms with van der Waals surface area (Å²) in [6.07, 6.45) is 2.37. The van der Waals surface area contributed by atoms with Crippen molar-refractivity contribution < 1.29 is 23.5 Å². The largest absolute Gasteiger partial charge is 0.465 e. The zero-order valence-corrected chi connectivity index (χ0v) is 24.3. The van der Waals surface area contributed by atoms with E-state index in [4.69, 9.17) is 8.85 Å². The van der Waals surface area contributed by atoms with Gasteiger partial charge in [-0.25, -0.2) is 4.79 Å². The van der Waals surface area contributed by atoms with Crippen LogP contribution in [0.15, 0.2) is 24.3 Å². The number of amides is 1. The van der Waals surface area contributed by atoms with Crippen LogP contribution in [0, 0.1) is 0 Å². The Kier molecular flexibility index (Phi) is 11.3. The third-order valence-corrected chi connectivity index (χ3v) is 15.9. The van der Waals surface area contributed by atoms with Gasteiger partial charge in [0.05, 0.1) is 19.2 Å². The Bertz CT molecular complexity index is 687. The average molecular weight is 486 g/mol. The third kappa shape index (κ3) is 9.33. The lowest BCUT2D eigenvalue weighted by Gasteiger charge is -2.39. The lowest BCUT2D eigenvalue weighted by molar-refractivity contribution is -0.115. The van der Waals surface area contributed by atoms with E-state index in [1.54, 1.807) is 13.0 Å². The van der Waals surface area contributed by atoms with Crippen LogP contribution in [0.2, 0.25) is 36.3 Å². The van der Waals surface area contributed by atoms with Gasteiger partial charge >= 0.3 is 6.09 Å². The fraction of sp³-hybridized carbons (Fsp3) is 0.750. The lowest BCUT2D eigenvalue weighted by Crippen LogP contribution is -2.50. The summed E-state index contributed by atoms with van der Waals surface area (Å²) in [7, 11) is -4.04. The van der Waals surface area contributed by atoms with Crippen molar-refractivity contribution in [1.82, 2.24) is 4.90 Å². The van der Waals surface area contributed by atoms with Crippen molar-refractivity contribution in [2.75, 3.05) is 19.8 Å². The quantitative estimate of drug-likeness (QED) is 0.195. The second-order valence-electron chi connectivity index (χ2n) is 11.5. The molecule has 8 heteroatoms. The van der Waals surface area contributed by atoms with Crippen molar-refractivity contribution in [1.29, 1.82) is 0 Å². The Labute approximate surface area is 198 Å². The maximum atomic E-state index is 12.2. The first-order chi connectivity index (χ1) is 14.3. The molecule has 0 radical (unpaired) electrons. The molecule has 1 amide bonds. The molecule has 0 aliphatic heterocycles. The first-order valence-corrected chi connectivity index (χ1v) is 17.2. The Morgan fingerprint density at radius 1 is 1.00 bits per heavy atom. The van der Waals surface area contributed by atoms with E-state index in [-0.39, 0.29) is 29.0 Å². The molecule has 1 N–H and O–H groups in total. The van der Waals surface area contributed by atoms with Gasteiger partial charge in [0.15, 0.2) is 22.4 Å². The second-order valence-corrected chi connectivity index (χ2v) is 21.1. The molecule has 6 nitrogen and oxygen atoms in total. The molecule has 186 valence electrons. The van der Waals surface area contributed by atoms with Gasteiger partial charge in [0.1, 0.15) is 0 Å². The van der Waals surface area contributed by atoms with Gasteiger partial charge in [-0.1, -0.05) is 59.8 Å². The number of carbonyl (C=O) groups is 2. The fourth-order valence-electron chi connectivity index (χ4n) is 2.47. The number of carboxylic acid groups (broad SMARTS) is 1. The topological polar surface area (TPSA) is 76.1 Å². The monoisotopic (exact) mass is 485 g/mol. The minimum Gasteiger partial charge on any atom is -0.465 e. The van der Waals surface area contributed by atoms with Gasteiger partial charge < -0.3 is 14.0 Å². The van der Waals surface area contributed by atoms with Crippen LogP contribution in [0.25, 0.3) is 0 Å². The Balaban J connectivity index is 5.66. The predicted octanol–water partition coefficient (Wildman–Crippen LogP) is 6.47. The summed E-state index contributed by atoms with van der Waals surface area (Å²) in [6.45, 7) is 28.0. The highest BCUT2D eigenvalue weighted by Crippen LogP contribution is 2.38. The number of carbonyl (C=O) groups excluding carboxylic acids is 1. The molecule has 0 spiro atoms. The highest BCUT2D eigenvalue weighted by atomic mass is 28.4. The molecular formula is C24H47NO5Si2. The molecule has 0 aromatic rings. The van der Waals surface area contributed by atoms with E-state index in [0.29, 0.717) is 18.6 Å². The van der Waals surface area contributed by atoms with Crippen LogP contribution in [0.5, 0.6) is 0 Å². The van der Waals surface area contributed by atoms with Crippen LogP contribution >= 0.6 is 0 Å². The molecule has 0 rings (SSSR count). The van der Waals surface area contributed by atoms with E-state index in [0.717, 1.165) is 4.90 Å². The third-order valence-electron chi connectivity index (χ3n) is 6.87. The molecule has 0 fully saturated rings. The van der Waals surface area contributed by atoms with E-state index in [9.17, 15) is 14.7 Å². The van der Waals surface area contributed by atoms with E-state index < -0.39 is 28.8 Å². The first-order valence-electron chi connectivity index (χ1n) is 11.4. The smallest absolute Gasteiger partial charge is 0.408 e. The molecule has 1 unspecified atom stereocenters. The summed E-state index contributed by atoms with van der Waals surface area (Å²) in [5.41, 5.74) is 0.707. The summed E-state index contributed by atoms with van der Waals surface area (Å²) < 4.78 is 12.6. The fourth-order valence-corrected chi connectivity index (χ4v) is 4.52. The molecular weight excluding hydrogens is 438 g/mol. The van der Waals surface area contributed by atoms with Crippen LogP contribution < -0.4 is 0 Å². The average Bonchev–Trinajstić information content (AvgIpc) is 2.58. The van der Waals surface area contributed by atoms with E-state index in [1.165, 1.54) is 6.08 Å². The van der Waals surface area contributed by atoms with Gasteiger partial charge in [-0.15, -0.1) is 0 Å². The van der Waals surface area contributed by atoms with Crippen LogP contribution in [0.3, 0.4) is 0 Å². The first kappa shape index (κ1) is 30.8. The molecule has 0 aromatic carbocycles. The zero-order chi connectivity index (χ0) is 25.5. The van der Waals surface area contributed by atoms with E-state index in [2.05, 4.69) is 74.3 Å². The van der Waals surface area contributed by atoms with Crippen molar-refractivity contribution >= 4 is 28.5 Å². The van der Waals surface area contributed by atoms with Crippen molar-refractivity contribution in [3.63, 3.8) is 0 Å². The number of rotatable bonds is 12. The zero-order valence-electron chi connectivity index (χ0n) is 22.3. The molecule has 0 aliphatic carbocycles. The summed E-state index contributed by atoms with van der Waals surface area (Å²) in [6, 6.07) is -0.612. The van der Waals surface area contributed by atoms with Gasteiger partial charge in [-0.3, -0.25) is 9.69 Å². The molecule has 32 heavy (non-hydrogen) atoms. The maximum absolute atomic E-state index is 12.2. The SMILES string of the molecule is C=C(CCO[Si](C)(C)C(C)(C)C)C(CO[Si](C)(C)C(C)(C)C)N(CC(=O)C=CC)C(=O)O. The number of hydrogen-bond acceptors (Lipinski definition) is 4. The highest BCUT2D eigenvalue weighted by Gasteiger charge is 2.40. The number of ketones is 1. The number of nitrogens with zero attached hydrogens (tertiary/aromatic N) is 1. The Hall–Kier alpha value is -1.23. The summed E-state index contributed by atoms with van der Waals surface area (Å²) in [5.74, 6) is -0.266. The van der Waals surface area contributed by atoms with Gasteiger partial charge in [0.25, 0.3) is 0 Å². The Morgan fingerprint density at radius 3 is 1.88 bits per heavy atom. The minimum atomic E-state index is -2.12. The molecule has 0 aromatic heterocycles. The number of allylic oxidation sites excluding steroid dienone is 1. The van der Waals surface area contributed by atoms with Crippen molar-refractivity contribution in [3.8, 4) is 0 Å². The Morgan fingerprint density at radius 2 is 1.47 bits per heavy atom. The standard InChI is InChI=1S/C24H47NO5Si2/c1-13-14-20(26)17-25(22(27)28)21(18-30-32(11,12)24(6,7)8)19(2)15-16-29-31(9,10)23(3,4)5/h13-14,21H,2,15-18H2,1,3-12H3,(H,27,28). The minimum absolute atomic E-state index is 0.0147. The summed E-state index contributed by atoms with van der Waals surface area (Å²) in [5, 5.41) is 9.97. The van der Waals surface area contributed by atoms with Gasteiger partial charge in [-0.05, 0) is 55.7 Å². The maximum Gasteiger partial charge on any atom is 0.408 e.